The first-order valence-electron chi connectivity index (χ1n) is 12.8. The molecule has 4 aromatic rings. The van der Waals surface area contributed by atoms with Crippen molar-refractivity contribution in [1.82, 2.24) is 14.8 Å². The van der Waals surface area contributed by atoms with Crippen molar-refractivity contribution in [3.63, 3.8) is 0 Å². The third kappa shape index (κ3) is 6.32. The number of hydrogen-bond acceptors (Lipinski definition) is 7. The molecule has 1 atom stereocenters. The van der Waals surface area contributed by atoms with Gasteiger partial charge in [0.1, 0.15) is 24.2 Å². The van der Waals surface area contributed by atoms with Gasteiger partial charge in [-0.3, -0.25) is 0 Å². The standard InChI is InChI=1S/C30H28ClFN4O3S/c1-18(2)39-28(37)26-19(3)33-29-34-30(40-17-22-6-4-5-7-25(22)32)35-36(29)27(26)21-10-14-24(15-11-21)38-16-20-8-12-23(31)13-9-20/h4-15,18,27H,16-17H2,1-3H3,(H,33,34,35). The molecule has 0 amide bonds. The van der Waals surface area contributed by atoms with Crippen LogP contribution in [0.25, 0.3) is 0 Å². The number of thioether (sulfide) groups is 1. The van der Waals surface area contributed by atoms with Crippen molar-refractivity contribution in [2.75, 3.05) is 5.32 Å². The molecule has 2 heterocycles. The molecule has 0 saturated carbocycles. The van der Waals surface area contributed by atoms with Crippen LogP contribution in [-0.4, -0.2) is 26.8 Å². The van der Waals surface area contributed by atoms with E-state index in [1.807, 2.05) is 69.3 Å². The second-order valence-corrected chi connectivity index (χ2v) is 10.9. The van der Waals surface area contributed by atoms with Gasteiger partial charge in [-0.15, -0.1) is 5.10 Å². The molecule has 1 N–H and O–H groups in total. The van der Waals surface area contributed by atoms with E-state index < -0.39 is 12.0 Å². The molecule has 0 radical (unpaired) electrons. The van der Waals surface area contributed by atoms with Crippen LogP contribution in [0.5, 0.6) is 5.75 Å². The van der Waals surface area contributed by atoms with Crippen molar-refractivity contribution in [2.24, 2.45) is 0 Å². The number of nitrogens with zero attached hydrogens (tertiary/aromatic N) is 3. The number of esters is 1. The SMILES string of the molecule is CC1=C(C(=O)OC(C)C)C(c2ccc(OCc3ccc(Cl)cc3)cc2)n2nc(SCc3ccccc3F)nc2N1. The van der Waals surface area contributed by atoms with Crippen molar-refractivity contribution in [1.29, 1.82) is 0 Å². The summed E-state index contributed by atoms with van der Waals surface area (Å²) >= 11 is 7.29. The molecular formula is C30H28ClFN4O3S. The Bertz CT molecular complexity index is 1540. The summed E-state index contributed by atoms with van der Waals surface area (Å²) in [7, 11) is 0. The summed E-state index contributed by atoms with van der Waals surface area (Å²) in [5.41, 5.74) is 3.44. The molecule has 206 valence electrons. The number of anilines is 1. The molecule has 0 spiro atoms. The van der Waals surface area contributed by atoms with Gasteiger partial charge in [0, 0.05) is 16.5 Å². The molecule has 1 aromatic heterocycles. The molecule has 40 heavy (non-hydrogen) atoms. The lowest BCUT2D eigenvalue weighted by Crippen LogP contribution is -2.30. The second kappa shape index (κ2) is 12.1. The topological polar surface area (TPSA) is 78.3 Å². The highest BCUT2D eigenvalue weighted by molar-refractivity contribution is 7.98. The number of halogens is 2. The van der Waals surface area contributed by atoms with Crippen LogP contribution in [0.4, 0.5) is 10.3 Å². The molecular weight excluding hydrogens is 551 g/mol. The highest BCUT2D eigenvalue weighted by atomic mass is 35.5. The van der Waals surface area contributed by atoms with Gasteiger partial charge in [-0.2, -0.15) is 4.98 Å². The number of benzene rings is 3. The van der Waals surface area contributed by atoms with Crippen LogP contribution in [0.3, 0.4) is 0 Å². The largest absolute Gasteiger partial charge is 0.489 e. The Kier molecular flexibility index (Phi) is 8.42. The van der Waals surface area contributed by atoms with Gasteiger partial charge in [0.05, 0.1) is 11.7 Å². The van der Waals surface area contributed by atoms with E-state index in [9.17, 15) is 9.18 Å². The average Bonchev–Trinajstić information content (AvgIpc) is 3.34. The zero-order valence-electron chi connectivity index (χ0n) is 22.2. The van der Waals surface area contributed by atoms with Gasteiger partial charge in [-0.05, 0) is 67.8 Å². The molecule has 1 aliphatic rings. The highest BCUT2D eigenvalue weighted by Gasteiger charge is 2.35. The molecule has 1 aliphatic heterocycles. The number of aromatic nitrogens is 3. The van der Waals surface area contributed by atoms with Crippen molar-refractivity contribution in [3.8, 4) is 5.75 Å². The van der Waals surface area contributed by atoms with Gasteiger partial charge in [-0.25, -0.2) is 13.9 Å². The summed E-state index contributed by atoms with van der Waals surface area (Å²) < 4.78 is 27.4. The van der Waals surface area contributed by atoms with Crippen molar-refractivity contribution >= 4 is 35.3 Å². The van der Waals surface area contributed by atoms with Gasteiger partial charge >= 0.3 is 5.97 Å². The molecule has 0 fully saturated rings. The minimum Gasteiger partial charge on any atom is -0.489 e. The number of carbonyl (C=O) groups is 1. The fraction of sp³-hybridized carbons (Fsp3) is 0.233. The number of hydrogen-bond donors (Lipinski definition) is 1. The minimum absolute atomic E-state index is 0.274. The molecule has 0 bridgehead atoms. The molecule has 0 aliphatic carbocycles. The van der Waals surface area contributed by atoms with Gasteiger partial charge in [-0.1, -0.05) is 65.8 Å². The van der Waals surface area contributed by atoms with E-state index in [0.717, 1.165) is 11.1 Å². The predicted octanol–water partition coefficient (Wildman–Crippen LogP) is 7.18. The second-order valence-electron chi connectivity index (χ2n) is 9.55. The van der Waals surface area contributed by atoms with E-state index in [2.05, 4.69) is 10.3 Å². The number of fused-ring (bicyclic) bond motifs is 1. The third-order valence-corrected chi connectivity index (χ3v) is 7.36. The Morgan fingerprint density at radius 1 is 1.10 bits per heavy atom. The summed E-state index contributed by atoms with van der Waals surface area (Å²) in [4.78, 5) is 17.9. The highest BCUT2D eigenvalue weighted by Crippen LogP contribution is 2.38. The van der Waals surface area contributed by atoms with Crippen molar-refractivity contribution < 1.29 is 18.7 Å². The van der Waals surface area contributed by atoms with E-state index >= 15 is 0 Å². The maximum absolute atomic E-state index is 14.2. The van der Waals surface area contributed by atoms with E-state index in [0.29, 0.717) is 51.1 Å². The number of ether oxygens (including phenoxy) is 2. The van der Waals surface area contributed by atoms with Crippen LogP contribution in [0.15, 0.2) is 89.2 Å². The van der Waals surface area contributed by atoms with E-state index in [1.54, 1.807) is 22.9 Å². The molecule has 0 saturated heterocycles. The molecule has 3 aromatic carbocycles. The zero-order valence-corrected chi connectivity index (χ0v) is 23.8. The first-order valence-corrected chi connectivity index (χ1v) is 14.1. The summed E-state index contributed by atoms with van der Waals surface area (Å²) in [6, 6.07) is 21.1. The summed E-state index contributed by atoms with van der Waals surface area (Å²) in [6.07, 6.45) is -0.291. The predicted molar refractivity (Wildman–Crippen MR) is 154 cm³/mol. The maximum atomic E-state index is 14.2. The Labute approximate surface area is 241 Å². The van der Waals surface area contributed by atoms with Crippen LogP contribution < -0.4 is 10.1 Å². The lowest BCUT2D eigenvalue weighted by molar-refractivity contribution is -0.143. The molecule has 1 unspecified atom stereocenters. The van der Waals surface area contributed by atoms with E-state index in [4.69, 9.17) is 26.2 Å². The maximum Gasteiger partial charge on any atom is 0.338 e. The molecule has 5 rings (SSSR count). The van der Waals surface area contributed by atoms with Crippen molar-refractivity contribution in [3.05, 3.63) is 112 Å². The quantitative estimate of drug-likeness (QED) is 0.166. The van der Waals surface area contributed by atoms with Gasteiger partial charge < -0.3 is 14.8 Å². The van der Waals surface area contributed by atoms with Gasteiger partial charge in [0.25, 0.3) is 0 Å². The minimum atomic E-state index is -0.580. The first-order chi connectivity index (χ1) is 19.3. The van der Waals surface area contributed by atoms with Crippen LogP contribution in [-0.2, 0) is 21.9 Å². The molecule has 10 heteroatoms. The van der Waals surface area contributed by atoms with Gasteiger partial charge in [0.15, 0.2) is 0 Å². The number of nitrogens with one attached hydrogen (secondary N) is 1. The smallest absolute Gasteiger partial charge is 0.338 e. The first kappa shape index (κ1) is 27.7. The molecule has 7 nitrogen and oxygen atoms in total. The summed E-state index contributed by atoms with van der Waals surface area (Å²) in [5.74, 6) is 0.830. The Hall–Kier alpha value is -3.82. The van der Waals surface area contributed by atoms with Crippen LogP contribution in [0.2, 0.25) is 5.02 Å². The normalized spacial score (nSPS) is 14.6. The van der Waals surface area contributed by atoms with Crippen LogP contribution in [0.1, 0.15) is 43.5 Å². The average molecular weight is 579 g/mol. The Balaban J connectivity index is 1.42. The summed E-state index contributed by atoms with van der Waals surface area (Å²) in [6.45, 7) is 5.83. The lowest BCUT2D eigenvalue weighted by Gasteiger charge is -2.28. The Morgan fingerprint density at radius 2 is 1.82 bits per heavy atom. The monoisotopic (exact) mass is 578 g/mol. The Morgan fingerprint density at radius 3 is 2.52 bits per heavy atom. The third-order valence-electron chi connectivity index (χ3n) is 6.23. The fourth-order valence-electron chi connectivity index (χ4n) is 4.29. The van der Waals surface area contributed by atoms with Crippen LogP contribution in [0, 0.1) is 5.82 Å². The number of rotatable bonds is 9. The van der Waals surface area contributed by atoms with Crippen molar-refractivity contribution in [2.45, 2.75) is 50.4 Å². The fourth-order valence-corrected chi connectivity index (χ4v) is 5.24. The zero-order chi connectivity index (χ0) is 28.2. The van der Waals surface area contributed by atoms with Crippen LogP contribution >= 0.6 is 23.4 Å². The van der Waals surface area contributed by atoms with E-state index in [1.165, 1.54) is 17.8 Å². The summed E-state index contributed by atoms with van der Waals surface area (Å²) in [5, 5.41) is 9.03. The van der Waals surface area contributed by atoms with E-state index in [-0.39, 0.29) is 11.9 Å². The number of carbonyl (C=O) groups excluding carboxylic acids is 1. The van der Waals surface area contributed by atoms with Gasteiger partial charge in [0.2, 0.25) is 11.1 Å². The lowest BCUT2D eigenvalue weighted by atomic mass is 9.95. The number of allylic oxidation sites excluding steroid dienone is 1.